The molecule has 2 rings (SSSR count). The molecule has 1 aliphatic rings. The number of nitrogens with one attached hydrogen (secondary N) is 1. The third kappa shape index (κ3) is 3.84. The number of rotatable bonds is 5. The molecule has 1 aliphatic heterocycles. The van der Waals surface area contributed by atoms with Crippen LogP contribution in [0.15, 0.2) is 12.1 Å². The highest BCUT2D eigenvalue weighted by Crippen LogP contribution is 2.33. The van der Waals surface area contributed by atoms with Gasteiger partial charge in [-0.3, -0.25) is 9.69 Å². The Morgan fingerprint density at radius 1 is 1.48 bits per heavy atom. The maximum Gasteiger partial charge on any atom is 0.222 e. The fourth-order valence-corrected chi connectivity index (χ4v) is 4.23. The maximum atomic E-state index is 11.8. The van der Waals surface area contributed by atoms with Crippen LogP contribution in [0.5, 0.6) is 0 Å². The summed E-state index contributed by atoms with van der Waals surface area (Å²) < 4.78 is 0. The van der Waals surface area contributed by atoms with E-state index in [4.69, 9.17) is 5.73 Å². The van der Waals surface area contributed by atoms with Gasteiger partial charge in [0.1, 0.15) is 0 Å². The molecule has 0 bridgehead atoms. The lowest BCUT2D eigenvalue weighted by molar-refractivity contribution is -0.126. The van der Waals surface area contributed by atoms with E-state index in [0.29, 0.717) is 6.04 Å². The Kier molecular flexibility index (Phi) is 5.79. The highest BCUT2D eigenvalue weighted by molar-refractivity contribution is 7.12. The summed E-state index contributed by atoms with van der Waals surface area (Å²) in [6.45, 7) is 6.19. The van der Waals surface area contributed by atoms with Crippen LogP contribution in [-0.4, -0.2) is 37.0 Å². The Hall–Kier alpha value is -0.910. The van der Waals surface area contributed by atoms with Crippen molar-refractivity contribution in [2.45, 2.75) is 45.2 Å². The number of nitrogens with zero attached hydrogens (tertiary/aromatic N) is 1. The van der Waals surface area contributed by atoms with Crippen molar-refractivity contribution in [3.63, 3.8) is 0 Å². The summed E-state index contributed by atoms with van der Waals surface area (Å²) in [5.74, 6) is 0.341. The number of hydrogen-bond acceptors (Lipinski definition) is 4. The first-order chi connectivity index (χ1) is 10.1. The number of piperidine rings is 1. The van der Waals surface area contributed by atoms with Crippen LogP contribution in [0.2, 0.25) is 0 Å². The zero-order chi connectivity index (χ0) is 15.4. The number of hydrogen-bond donors (Lipinski definition) is 2. The lowest BCUT2D eigenvalue weighted by Crippen LogP contribution is -2.46. The van der Waals surface area contributed by atoms with Crippen molar-refractivity contribution in [3.8, 4) is 0 Å². The molecule has 2 unspecified atom stereocenters. The van der Waals surface area contributed by atoms with Crippen LogP contribution < -0.4 is 11.1 Å². The van der Waals surface area contributed by atoms with Gasteiger partial charge >= 0.3 is 0 Å². The zero-order valence-corrected chi connectivity index (χ0v) is 14.1. The van der Waals surface area contributed by atoms with Gasteiger partial charge in [-0.25, -0.2) is 0 Å². The van der Waals surface area contributed by atoms with E-state index in [0.717, 1.165) is 32.4 Å². The third-order valence-corrected chi connectivity index (χ3v) is 5.54. The molecule has 0 aliphatic carbocycles. The Labute approximate surface area is 131 Å². The first kappa shape index (κ1) is 16.5. The molecule has 1 saturated heterocycles. The molecule has 2 heterocycles. The zero-order valence-electron chi connectivity index (χ0n) is 13.3. The number of carbonyl (C=O) groups excluding carboxylic acids is 1. The van der Waals surface area contributed by atoms with Gasteiger partial charge in [0.25, 0.3) is 0 Å². The number of amides is 1. The lowest BCUT2D eigenvalue weighted by atomic mass is 9.93. The summed E-state index contributed by atoms with van der Waals surface area (Å²) in [5, 5.41) is 2.77. The number of aryl methyl sites for hydroxylation is 1. The number of carbonyl (C=O) groups is 1. The topological polar surface area (TPSA) is 58.4 Å². The van der Waals surface area contributed by atoms with Gasteiger partial charge in [-0.15, -0.1) is 11.3 Å². The summed E-state index contributed by atoms with van der Waals surface area (Å²) in [6.07, 6.45) is 2.82. The molecular weight excluding hydrogens is 282 g/mol. The Bertz CT molecular complexity index is 466. The summed E-state index contributed by atoms with van der Waals surface area (Å²) in [7, 11) is 1.72. The van der Waals surface area contributed by atoms with Crippen LogP contribution in [0.25, 0.3) is 0 Å². The van der Waals surface area contributed by atoms with Gasteiger partial charge in [-0.2, -0.15) is 0 Å². The van der Waals surface area contributed by atoms with E-state index < -0.39 is 0 Å². The molecule has 4 nitrogen and oxygen atoms in total. The van der Waals surface area contributed by atoms with Crippen molar-refractivity contribution in [3.05, 3.63) is 21.9 Å². The summed E-state index contributed by atoms with van der Waals surface area (Å²) >= 11 is 1.84. The molecule has 1 aromatic heterocycles. The van der Waals surface area contributed by atoms with Crippen molar-refractivity contribution in [2.75, 3.05) is 20.1 Å². The Morgan fingerprint density at radius 2 is 2.14 bits per heavy atom. The van der Waals surface area contributed by atoms with Crippen LogP contribution >= 0.6 is 11.3 Å². The third-order valence-electron chi connectivity index (χ3n) is 4.47. The van der Waals surface area contributed by atoms with Crippen molar-refractivity contribution < 1.29 is 4.79 Å². The first-order valence-corrected chi connectivity index (χ1v) is 8.66. The number of likely N-dealkylation sites (tertiary alicyclic amines) is 1. The summed E-state index contributed by atoms with van der Waals surface area (Å²) in [6, 6.07) is 4.83. The van der Waals surface area contributed by atoms with Crippen molar-refractivity contribution in [1.82, 2.24) is 10.2 Å². The SMILES string of the molecule is CCC(N)C(c1ccc(C)s1)N1CCC(C(=O)NC)CC1. The standard InChI is InChI=1S/C16H27N3OS/c1-4-13(17)15(14-6-5-11(2)21-14)19-9-7-12(8-10-19)16(20)18-3/h5-6,12-13,15H,4,7-10,17H2,1-3H3,(H,18,20). The van der Waals surface area contributed by atoms with Gasteiger partial charge in [0.15, 0.2) is 0 Å². The van der Waals surface area contributed by atoms with E-state index in [9.17, 15) is 4.79 Å². The van der Waals surface area contributed by atoms with Gasteiger partial charge in [0.05, 0.1) is 6.04 Å². The second kappa shape index (κ2) is 7.38. The molecule has 1 fully saturated rings. The molecule has 21 heavy (non-hydrogen) atoms. The molecule has 3 N–H and O–H groups in total. The van der Waals surface area contributed by atoms with E-state index in [1.165, 1.54) is 9.75 Å². The molecule has 1 aromatic rings. The highest BCUT2D eigenvalue weighted by atomic mass is 32.1. The fraction of sp³-hybridized carbons (Fsp3) is 0.688. The highest BCUT2D eigenvalue weighted by Gasteiger charge is 2.32. The molecule has 0 aromatic carbocycles. The van der Waals surface area contributed by atoms with Gasteiger partial charge in [0, 0.05) is 28.8 Å². The molecular formula is C16H27N3OS. The Balaban J connectivity index is 2.07. The normalized spacial score (nSPS) is 20.2. The monoisotopic (exact) mass is 309 g/mol. The minimum Gasteiger partial charge on any atom is -0.359 e. The largest absolute Gasteiger partial charge is 0.359 e. The van der Waals surface area contributed by atoms with Gasteiger partial charge in [0.2, 0.25) is 5.91 Å². The summed E-state index contributed by atoms with van der Waals surface area (Å²) in [4.78, 5) is 16.9. The van der Waals surface area contributed by atoms with E-state index in [1.54, 1.807) is 7.05 Å². The van der Waals surface area contributed by atoms with Crippen molar-refractivity contribution >= 4 is 17.2 Å². The Morgan fingerprint density at radius 3 is 2.62 bits per heavy atom. The molecule has 1 amide bonds. The molecule has 5 heteroatoms. The van der Waals surface area contributed by atoms with E-state index >= 15 is 0 Å². The smallest absolute Gasteiger partial charge is 0.222 e. The summed E-state index contributed by atoms with van der Waals surface area (Å²) in [5.41, 5.74) is 6.40. The first-order valence-electron chi connectivity index (χ1n) is 7.84. The minimum absolute atomic E-state index is 0.152. The molecule has 0 radical (unpaired) electrons. The quantitative estimate of drug-likeness (QED) is 0.877. The van der Waals surface area contributed by atoms with Crippen LogP contribution in [0, 0.1) is 12.8 Å². The molecule has 0 saturated carbocycles. The predicted octanol–water partition coefficient (Wildman–Crippen LogP) is 2.29. The molecule has 118 valence electrons. The van der Waals surface area contributed by atoms with E-state index in [1.807, 2.05) is 11.3 Å². The van der Waals surface area contributed by atoms with Crippen LogP contribution in [0.1, 0.15) is 42.0 Å². The van der Waals surface area contributed by atoms with E-state index in [2.05, 4.69) is 36.2 Å². The van der Waals surface area contributed by atoms with E-state index in [-0.39, 0.29) is 17.9 Å². The second-order valence-corrected chi connectivity index (χ2v) is 7.21. The van der Waals surface area contributed by atoms with Gasteiger partial charge < -0.3 is 11.1 Å². The van der Waals surface area contributed by atoms with Gasteiger partial charge in [-0.1, -0.05) is 6.92 Å². The van der Waals surface area contributed by atoms with Gasteiger partial charge in [-0.05, 0) is 51.4 Å². The minimum atomic E-state index is 0.152. The predicted molar refractivity (Wildman–Crippen MR) is 88.4 cm³/mol. The fourth-order valence-electron chi connectivity index (χ4n) is 3.14. The van der Waals surface area contributed by atoms with Crippen LogP contribution in [-0.2, 0) is 4.79 Å². The maximum absolute atomic E-state index is 11.8. The molecule has 2 atom stereocenters. The number of thiophene rings is 1. The average molecular weight is 309 g/mol. The van der Waals surface area contributed by atoms with Crippen molar-refractivity contribution in [2.24, 2.45) is 11.7 Å². The molecule has 0 spiro atoms. The van der Waals surface area contributed by atoms with Crippen LogP contribution in [0.4, 0.5) is 0 Å². The second-order valence-electron chi connectivity index (χ2n) is 5.89. The average Bonchev–Trinajstić information content (AvgIpc) is 2.93. The lowest BCUT2D eigenvalue weighted by Gasteiger charge is -2.39. The van der Waals surface area contributed by atoms with Crippen LogP contribution in [0.3, 0.4) is 0 Å². The van der Waals surface area contributed by atoms with Crippen molar-refractivity contribution in [1.29, 1.82) is 0 Å². The number of nitrogens with two attached hydrogens (primary N) is 1.